The van der Waals surface area contributed by atoms with Crippen molar-refractivity contribution in [3.05, 3.63) is 55.1 Å². The molecule has 0 aliphatic carbocycles. The van der Waals surface area contributed by atoms with Gasteiger partial charge in [-0.3, -0.25) is 9.59 Å². The molecule has 1 aliphatic rings. The molecule has 0 saturated carbocycles. The third kappa shape index (κ3) is 4.72. The van der Waals surface area contributed by atoms with Gasteiger partial charge in [-0.25, -0.2) is 0 Å². The smallest absolute Gasteiger partial charge is 0.244 e. The van der Waals surface area contributed by atoms with Gasteiger partial charge in [-0.2, -0.15) is 0 Å². The zero-order valence-electron chi connectivity index (χ0n) is 14.0. The first-order valence-corrected chi connectivity index (χ1v) is 8.27. The minimum absolute atomic E-state index is 0.0679. The van der Waals surface area contributed by atoms with Gasteiger partial charge in [-0.1, -0.05) is 24.3 Å². The van der Waals surface area contributed by atoms with Crippen LogP contribution >= 0.6 is 0 Å². The van der Waals surface area contributed by atoms with Crippen LogP contribution < -0.4 is 15.5 Å². The van der Waals surface area contributed by atoms with Gasteiger partial charge in [0.05, 0.1) is 6.54 Å². The molecule has 1 aromatic rings. The zero-order chi connectivity index (χ0) is 17.4. The second-order valence-corrected chi connectivity index (χ2v) is 5.81. The van der Waals surface area contributed by atoms with Crippen LogP contribution in [-0.4, -0.2) is 37.5 Å². The lowest BCUT2D eigenvalue weighted by atomic mass is 10.1. The van der Waals surface area contributed by atoms with E-state index in [0.717, 1.165) is 24.9 Å². The van der Waals surface area contributed by atoms with Crippen LogP contribution in [0.15, 0.2) is 49.6 Å². The Morgan fingerprint density at radius 2 is 2.12 bits per heavy atom. The van der Waals surface area contributed by atoms with Gasteiger partial charge >= 0.3 is 0 Å². The first-order valence-electron chi connectivity index (χ1n) is 8.27. The van der Waals surface area contributed by atoms with Gasteiger partial charge in [0.25, 0.3) is 0 Å². The van der Waals surface area contributed by atoms with Crippen LogP contribution in [0.5, 0.6) is 0 Å². The van der Waals surface area contributed by atoms with Crippen molar-refractivity contribution in [2.45, 2.75) is 25.3 Å². The molecular weight excluding hydrogens is 302 g/mol. The summed E-state index contributed by atoms with van der Waals surface area (Å²) in [5, 5.41) is 5.68. The summed E-state index contributed by atoms with van der Waals surface area (Å²) in [4.78, 5) is 26.2. The van der Waals surface area contributed by atoms with E-state index < -0.39 is 6.04 Å². The number of amides is 2. The number of anilines is 1. The summed E-state index contributed by atoms with van der Waals surface area (Å²) in [6.07, 6.45) is 6.17. The van der Waals surface area contributed by atoms with Gasteiger partial charge in [-0.05, 0) is 37.0 Å². The quantitative estimate of drug-likeness (QED) is 0.565. The molecule has 1 heterocycles. The topological polar surface area (TPSA) is 61.4 Å². The molecule has 1 aliphatic heterocycles. The lowest BCUT2D eigenvalue weighted by Crippen LogP contribution is -2.60. The van der Waals surface area contributed by atoms with Crippen molar-refractivity contribution in [3.8, 4) is 0 Å². The normalized spacial score (nSPS) is 17.1. The highest BCUT2D eigenvalue weighted by Crippen LogP contribution is 2.21. The Morgan fingerprint density at radius 1 is 1.33 bits per heavy atom. The number of hydrogen-bond acceptors (Lipinski definition) is 3. The van der Waals surface area contributed by atoms with Crippen molar-refractivity contribution >= 4 is 17.5 Å². The fraction of sp³-hybridized carbons (Fsp3) is 0.368. The Kier molecular flexibility index (Phi) is 6.61. The summed E-state index contributed by atoms with van der Waals surface area (Å²) in [5.41, 5.74) is 2.07. The molecule has 1 aromatic carbocycles. The summed E-state index contributed by atoms with van der Waals surface area (Å²) in [7, 11) is 0. The number of allylic oxidation sites excluding steroid dienone is 1. The molecule has 0 radical (unpaired) electrons. The molecule has 0 spiro atoms. The molecule has 128 valence electrons. The third-order valence-corrected chi connectivity index (χ3v) is 4.01. The molecule has 5 heteroatoms. The van der Waals surface area contributed by atoms with E-state index in [4.69, 9.17) is 0 Å². The molecule has 1 unspecified atom stereocenters. The molecule has 5 nitrogen and oxygen atoms in total. The molecule has 1 atom stereocenters. The number of hydrogen-bond donors (Lipinski definition) is 2. The van der Waals surface area contributed by atoms with Crippen molar-refractivity contribution in [1.82, 2.24) is 10.6 Å². The van der Waals surface area contributed by atoms with Gasteiger partial charge in [0.2, 0.25) is 11.8 Å². The molecule has 2 rings (SSSR count). The Bertz CT molecular complexity index is 612. The van der Waals surface area contributed by atoms with Crippen molar-refractivity contribution in [2.75, 3.05) is 24.5 Å². The van der Waals surface area contributed by atoms with Crippen molar-refractivity contribution in [2.24, 2.45) is 0 Å². The number of nitrogens with zero attached hydrogens (tertiary/aromatic N) is 1. The third-order valence-electron chi connectivity index (χ3n) is 4.01. The van der Waals surface area contributed by atoms with Gasteiger partial charge < -0.3 is 15.5 Å². The predicted octanol–water partition coefficient (Wildman–Crippen LogP) is 1.80. The lowest BCUT2D eigenvalue weighted by Gasteiger charge is -2.36. The fourth-order valence-corrected chi connectivity index (χ4v) is 2.72. The first-order chi connectivity index (χ1) is 11.7. The van der Waals surface area contributed by atoms with E-state index in [9.17, 15) is 9.59 Å². The monoisotopic (exact) mass is 327 g/mol. The van der Waals surface area contributed by atoms with Gasteiger partial charge in [0.1, 0.15) is 6.04 Å². The number of aryl methyl sites for hydroxylation is 1. The first kappa shape index (κ1) is 17.8. The molecule has 24 heavy (non-hydrogen) atoms. The van der Waals surface area contributed by atoms with E-state index in [1.165, 1.54) is 5.56 Å². The maximum absolute atomic E-state index is 12.5. The molecular formula is C19H25N3O2. The van der Waals surface area contributed by atoms with E-state index >= 15 is 0 Å². The molecule has 1 saturated heterocycles. The van der Waals surface area contributed by atoms with Crippen LogP contribution in [-0.2, 0) is 16.0 Å². The van der Waals surface area contributed by atoms with E-state index in [0.29, 0.717) is 13.1 Å². The average Bonchev–Trinajstić information content (AvgIpc) is 2.60. The highest BCUT2D eigenvalue weighted by Gasteiger charge is 2.32. The summed E-state index contributed by atoms with van der Waals surface area (Å²) >= 11 is 0. The van der Waals surface area contributed by atoms with E-state index in [1.807, 2.05) is 29.2 Å². The van der Waals surface area contributed by atoms with Crippen LogP contribution in [0.25, 0.3) is 0 Å². The summed E-state index contributed by atoms with van der Waals surface area (Å²) in [5.74, 6) is -0.144. The second kappa shape index (κ2) is 8.91. The van der Waals surface area contributed by atoms with E-state index in [1.54, 1.807) is 6.08 Å². The number of rotatable bonds is 8. The average molecular weight is 327 g/mol. The number of carbonyl (C=O) groups excluding carboxylic acids is 2. The van der Waals surface area contributed by atoms with Crippen molar-refractivity contribution in [1.29, 1.82) is 0 Å². The van der Waals surface area contributed by atoms with Crippen LogP contribution in [0.2, 0.25) is 0 Å². The van der Waals surface area contributed by atoms with Gasteiger partial charge in [-0.15, -0.1) is 13.2 Å². The SMILES string of the molecule is C=CCCNC(=O)C1CNC(=O)CN1c1cccc(CCC=C)c1. The second-order valence-electron chi connectivity index (χ2n) is 5.81. The Labute approximate surface area is 143 Å². The lowest BCUT2D eigenvalue weighted by molar-refractivity contribution is -0.125. The van der Waals surface area contributed by atoms with Crippen LogP contribution in [0.3, 0.4) is 0 Å². The van der Waals surface area contributed by atoms with Crippen LogP contribution in [0.1, 0.15) is 18.4 Å². The predicted molar refractivity (Wildman–Crippen MR) is 96.9 cm³/mol. The Hall–Kier alpha value is -2.56. The molecule has 1 fully saturated rings. The number of nitrogens with one attached hydrogen (secondary N) is 2. The van der Waals surface area contributed by atoms with Gasteiger partial charge in [0, 0.05) is 18.8 Å². The molecule has 2 amide bonds. The maximum atomic E-state index is 12.5. The maximum Gasteiger partial charge on any atom is 0.244 e. The molecule has 2 N–H and O–H groups in total. The highest BCUT2D eigenvalue weighted by molar-refractivity contribution is 5.92. The Balaban J connectivity index is 2.15. The van der Waals surface area contributed by atoms with E-state index in [-0.39, 0.29) is 18.4 Å². The molecule has 0 bridgehead atoms. The summed E-state index contributed by atoms with van der Waals surface area (Å²) in [6.45, 7) is 8.45. The largest absolute Gasteiger partial charge is 0.354 e. The summed E-state index contributed by atoms with van der Waals surface area (Å²) in [6, 6.07) is 7.61. The van der Waals surface area contributed by atoms with Crippen molar-refractivity contribution < 1.29 is 9.59 Å². The minimum atomic E-state index is -0.401. The standard InChI is InChI=1S/C19H25N3O2/c1-3-5-8-15-9-7-10-16(12-15)22-14-18(23)21-13-17(22)19(24)20-11-6-4-2/h3-4,7,9-10,12,17H,1-2,5-6,8,11,13-14H2,(H,20,24)(H,21,23). The van der Waals surface area contributed by atoms with Gasteiger partial charge in [0.15, 0.2) is 0 Å². The minimum Gasteiger partial charge on any atom is -0.354 e. The highest BCUT2D eigenvalue weighted by atomic mass is 16.2. The Morgan fingerprint density at radius 3 is 2.88 bits per heavy atom. The number of carbonyl (C=O) groups is 2. The van der Waals surface area contributed by atoms with Crippen LogP contribution in [0, 0.1) is 0 Å². The van der Waals surface area contributed by atoms with Crippen molar-refractivity contribution in [3.63, 3.8) is 0 Å². The zero-order valence-corrected chi connectivity index (χ0v) is 14.0. The summed E-state index contributed by atoms with van der Waals surface area (Å²) < 4.78 is 0. The number of benzene rings is 1. The fourth-order valence-electron chi connectivity index (χ4n) is 2.72. The number of piperazine rings is 1. The van der Waals surface area contributed by atoms with Crippen LogP contribution in [0.4, 0.5) is 5.69 Å². The molecule has 0 aromatic heterocycles. The van der Waals surface area contributed by atoms with E-state index in [2.05, 4.69) is 29.9 Å².